The molecule has 19 heavy (non-hydrogen) atoms. The number of benzene rings is 1. The molecule has 0 atom stereocenters. The van der Waals surface area contributed by atoms with Crippen molar-refractivity contribution in [1.82, 2.24) is 15.1 Å². The molecule has 0 aliphatic carbocycles. The van der Waals surface area contributed by atoms with Crippen molar-refractivity contribution in [2.45, 2.75) is 18.4 Å². The lowest BCUT2D eigenvalue weighted by Crippen LogP contribution is -2.23. The number of aryl methyl sites for hydroxylation is 2. The highest BCUT2D eigenvalue weighted by atomic mass is 35.5. The van der Waals surface area contributed by atoms with Crippen molar-refractivity contribution in [2.75, 3.05) is 0 Å². The van der Waals surface area contributed by atoms with E-state index in [9.17, 15) is 4.79 Å². The van der Waals surface area contributed by atoms with E-state index in [4.69, 9.17) is 11.6 Å². The molecular formula is C13H14ClN3OS. The lowest BCUT2D eigenvalue weighted by Gasteiger charge is -2.06. The molecule has 0 bridgehead atoms. The van der Waals surface area contributed by atoms with Gasteiger partial charge in [0.05, 0.1) is 16.3 Å². The molecule has 0 saturated heterocycles. The van der Waals surface area contributed by atoms with Gasteiger partial charge in [-0.25, -0.2) is 0 Å². The molecule has 4 nitrogen and oxygen atoms in total. The molecule has 0 spiro atoms. The second kappa shape index (κ2) is 5.67. The van der Waals surface area contributed by atoms with Gasteiger partial charge in [-0.3, -0.25) is 9.48 Å². The minimum atomic E-state index is -0.218. The second-order valence-electron chi connectivity index (χ2n) is 4.26. The van der Waals surface area contributed by atoms with Gasteiger partial charge < -0.3 is 5.32 Å². The molecule has 6 heteroatoms. The fourth-order valence-corrected chi connectivity index (χ4v) is 2.19. The summed E-state index contributed by atoms with van der Waals surface area (Å²) in [4.78, 5) is 12.8. The van der Waals surface area contributed by atoms with E-state index in [2.05, 4.69) is 23.0 Å². The number of nitrogens with one attached hydrogen (secondary N) is 1. The maximum absolute atomic E-state index is 12.1. The van der Waals surface area contributed by atoms with Crippen LogP contribution in [0.25, 0.3) is 0 Å². The zero-order valence-corrected chi connectivity index (χ0v) is 12.3. The summed E-state index contributed by atoms with van der Waals surface area (Å²) in [6, 6.07) is 5.05. The molecule has 0 aliphatic heterocycles. The number of hydrogen-bond acceptors (Lipinski definition) is 3. The van der Waals surface area contributed by atoms with E-state index in [1.165, 1.54) is 0 Å². The van der Waals surface area contributed by atoms with Crippen molar-refractivity contribution in [1.29, 1.82) is 0 Å². The summed E-state index contributed by atoms with van der Waals surface area (Å²) in [5, 5.41) is 7.46. The third kappa shape index (κ3) is 3.30. The molecule has 0 radical (unpaired) electrons. The zero-order chi connectivity index (χ0) is 14.0. The molecule has 1 N–H and O–H groups in total. The smallest absolute Gasteiger partial charge is 0.253 e. The van der Waals surface area contributed by atoms with Crippen LogP contribution in [0, 0.1) is 6.92 Å². The second-order valence-corrected chi connectivity index (χ2v) is 5.18. The predicted octanol–water partition coefficient (Wildman–Crippen LogP) is 2.60. The lowest BCUT2D eigenvalue weighted by molar-refractivity contribution is 0.0951. The van der Waals surface area contributed by atoms with Crippen molar-refractivity contribution >= 4 is 30.1 Å². The van der Waals surface area contributed by atoms with Crippen LogP contribution in [0.4, 0.5) is 0 Å². The van der Waals surface area contributed by atoms with Gasteiger partial charge in [-0.15, -0.1) is 12.6 Å². The van der Waals surface area contributed by atoms with E-state index < -0.39 is 0 Å². The standard InChI is InChI=1S/C13H14ClN3OS/c1-8-9(7-17(2)16-8)6-15-13(18)11-5-10(19)3-4-12(11)14/h3-5,7,19H,6H2,1-2H3,(H,15,18). The minimum Gasteiger partial charge on any atom is -0.348 e. The Morgan fingerprint density at radius 3 is 2.89 bits per heavy atom. The number of rotatable bonds is 3. The average Bonchev–Trinajstić information content (AvgIpc) is 2.68. The monoisotopic (exact) mass is 295 g/mol. The van der Waals surface area contributed by atoms with Crippen LogP contribution in [0.3, 0.4) is 0 Å². The Kier molecular flexibility index (Phi) is 4.17. The minimum absolute atomic E-state index is 0.218. The van der Waals surface area contributed by atoms with Crippen molar-refractivity contribution in [3.63, 3.8) is 0 Å². The third-order valence-corrected chi connectivity index (χ3v) is 3.36. The molecule has 0 saturated carbocycles. The van der Waals surface area contributed by atoms with E-state index in [-0.39, 0.29) is 5.91 Å². The van der Waals surface area contributed by atoms with Crippen LogP contribution < -0.4 is 5.32 Å². The Balaban J connectivity index is 2.09. The Labute approximate surface area is 122 Å². The summed E-state index contributed by atoms with van der Waals surface area (Å²) in [5.41, 5.74) is 2.31. The summed E-state index contributed by atoms with van der Waals surface area (Å²) in [6.07, 6.45) is 1.88. The third-order valence-electron chi connectivity index (χ3n) is 2.75. The van der Waals surface area contributed by atoms with E-state index in [1.54, 1.807) is 22.9 Å². The SMILES string of the molecule is Cc1nn(C)cc1CNC(=O)c1cc(S)ccc1Cl. The van der Waals surface area contributed by atoms with Crippen molar-refractivity contribution < 1.29 is 4.79 Å². The van der Waals surface area contributed by atoms with Crippen molar-refractivity contribution in [3.05, 3.63) is 46.2 Å². The molecule has 1 aromatic carbocycles. The quantitative estimate of drug-likeness (QED) is 0.855. The predicted molar refractivity (Wildman–Crippen MR) is 77.8 cm³/mol. The Bertz CT molecular complexity index is 624. The van der Waals surface area contributed by atoms with Gasteiger partial charge in [0.2, 0.25) is 0 Å². The maximum Gasteiger partial charge on any atom is 0.253 e. The van der Waals surface area contributed by atoms with Gasteiger partial charge >= 0.3 is 0 Å². The summed E-state index contributed by atoms with van der Waals surface area (Å²) < 4.78 is 1.72. The zero-order valence-electron chi connectivity index (χ0n) is 10.6. The first-order valence-electron chi connectivity index (χ1n) is 5.73. The Hall–Kier alpha value is -1.46. The first kappa shape index (κ1) is 14.0. The molecule has 2 aromatic rings. The van der Waals surface area contributed by atoms with Crippen molar-refractivity contribution in [2.24, 2.45) is 7.05 Å². The highest BCUT2D eigenvalue weighted by Crippen LogP contribution is 2.19. The first-order valence-corrected chi connectivity index (χ1v) is 6.55. The van der Waals surface area contributed by atoms with Gasteiger partial charge in [-0.2, -0.15) is 5.10 Å². The molecule has 0 aliphatic rings. The van der Waals surface area contributed by atoms with Gasteiger partial charge in [-0.05, 0) is 25.1 Å². The summed E-state index contributed by atoms with van der Waals surface area (Å²) in [7, 11) is 1.85. The van der Waals surface area contributed by atoms with Crippen molar-refractivity contribution in [3.8, 4) is 0 Å². The maximum atomic E-state index is 12.1. The number of aromatic nitrogens is 2. The summed E-state index contributed by atoms with van der Waals surface area (Å²) >= 11 is 10.2. The average molecular weight is 296 g/mol. The molecule has 0 fully saturated rings. The molecule has 1 heterocycles. The molecule has 1 aromatic heterocycles. The van der Waals surface area contributed by atoms with E-state index in [1.807, 2.05) is 20.2 Å². The molecule has 1 amide bonds. The lowest BCUT2D eigenvalue weighted by atomic mass is 10.2. The van der Waals surface area contributed by atoms with Gasteiger partial charge in [0.25, 0.3) is 5.91 Å². The number of nitrogens with zero attached hydrogens (tertiary/aromatic N) is 2. The van der Waals surface area contributed by atoms with Crippen LogP contribution in [-0.4, -0.2) is 15.7 Å². The molecular weight excluding hydrogens is 282 g/mol. The highest BCUT2D eigenvalue weighted by molar-refractivity contribution is 7.80. The molecule has 2 rings (SSSR count). The summed E-state index contributed by atoms with van der Waals surface area (Å²) in [6.45, 7) is 2.33. The number of hydrogen-bond donors (Lipinski definition) is 2. The number of carbonyl (C=O) groups excluding carboxylic acids is 1. The van der Waals surface area contributed by atoms with E-state index in [0.29, 0.717) is 22.0 Å². The first-order chi connectivity index (χ1) is 8.97. The van der Waals surface area contributed by atoms with E-state index >= 15 is 0 Å². The fraction of sp³-hybridized carbons (Fsp3) is 0.231. The van der Waals surface area contributed by atoms with Crippen LogP contribution in [0.15, 0.2) is 29.3 Å². The number of thiol groups is 1. The Morgan fingerprint density at radius 2 is 2.26 bits per heavy atom. The normalized spacial score (nSPS) is 10.5. The van der Waals surface area contributed by atoms with Crippen LogP contribution in [0.5, 0.6) is 0 Å². The van der Waals surface area contributed by atoms with Gasteiger partial charge in [0, 0.05) is 30.2 Å². The van der Waals surface area contributed by atoms with Gasteiger partial charge in [0.1, 0.15) is 0 Å². The fourth-order valence-electron chi connectivity index (χ4n) is 1.78. The molecule has 0 unspecified atom stereocenters. The Morgan fingerprint density at radius 1 is 1.53 bits per heavy atom. The number of amides is 1. The topological polar surface area (TPSA) is 46.9 Å². The number of carbonyl (C=O) groups is 1. The van der Waals surface area contributed by atoms with Gasteiger partial charge in [0.15, 0.2) is 0 Å². The van der Waals surface area contributed by atoms with Crippen LogP contribution >= 0.6 is 24.2 Å². The van der Waals surface area contributed by atoms with Crippen LogP contribution in [0.2, 0.25) is 5.02 Å². The molecule has 100 valence electrons. The largest absolute Gasteiger partial charge is 0.348 e. The van der Waals surface area contributed by atoms with Crippen LogP contribution in [-0.2, 0) is 13.6 Å². The summed E-state index contributed by atoms with van der Waals surface area (Å²) in [5.74, 6) is -0.218. The highest BCUT2D eigenvalue weighted by Gasteiger charge is 2.11. The van der Waals surface area contributed by atoms with Gasteiger partial charge in [-0.1, -0.05) is 11.6 Å². The number of halogens is 1. The van der Waals surface area contributed by atoms with Crippen LogP contribution in [0.1, 0.15) is 21.6 Å². The van der Waals surface area contributed by atoms with E-state index in [0.717, 1.165) is 11.3 Å².